The highest BCUT2D eigenvalue weighted by atomic mass is 16.1. The average molecular weight is 295 g/mol. The summed E-state index contributed by atoms with van der Waals surface area (Å²) < 4.78 is 0. The van der Waals surface area contributed by atoms with Crippen molar-refractivity contribution in [2.45, 2.75) is 39.5 Å². The van der Waals surface area contributed by atoms with Crippen molar-refractivity contribution in [1.29, 1.82) is 0 Å². The Hall–Kier alpha value is -2.09. The number of amides is 1. The van der Waals surface area contributed by atoms with Gasteiger partial charge in [-0.15, -0.1) is 0 Å². The van der Waals surface area contributed by atoms with E-state index in [4.69, 9.17) is 0 Å². The monoisotopic (exact) mass is 295 g/mol. The molecule has 0 aromatic heterocycles. The van der Waals surface area contributed by atoms with Crippen molar-refractivity contribution in [1.82, 2.24) is 5.32 Å². The highest BCUT2D eigenvalue weighted by molar-refractivity contribution is 5.78. The lowest BCUT2D eigenvalue weighted by molar-refractivity contribution is -0.120. The molecule has 0 aliphatic heterocycles. The molecule has 22 heavy (non-hydrogen) atoms. The summed E-state index contributed by atoms with van der Waals surface area (Å²) in [7, 11) is 0. The maximum absolute atomic E-state index is 11.9. The summed E-state index contributed by atoms with van der Waals surface area (Å²) in [5.74, 6) is 0.105. The van der Waals surface area contributed by atoms with Crippen molar-refractivity contribution in [3.63, 3.8) is 0 Å². The third kappa shape index (κ3) is 5.36. The summed E-state index contributed by atoms with van der Waals surface area (Å²) >= 11 is 0. The summed E-state index contributed by atoms with van der Waals surface area (Å²) in [4.78, 5) is 11.9. The highest BCUT2D eigenvalue weighted by Crippen LogP contribution is 2.07. The van der Waals surface area contributed by atoms with Crippen LogP contribution in [0.5, 0.6) is 0 Å². The standard InChI is InChI=1S/C20H25NO/c1-3-17-10-12-19(13-11-17)15-20(22)21-14-4-5-18-8-6-16(2)7-9-18/h6-13H,3-5,14-15H2,1-2H3,(H,21,22). The molecule has 0 saturated carbocycles. The Bertz CT molecular complexity index is 584. The van der Waals surface area contributed by atoms with Crippen LogP contribution < -0.4 is 5.32 Å². The van der Waals surface area contributed by atoms with Gasteiger partial charge in [0.15, 0.2) is 0 Å². The minimum Gasteiger partial charge on any atom is -0.356 e. The zero-order valence-corrected chi connectivity index (χ0v) is 13.6. The van der Waals surface area contributed by atoms with Crippen LogP contribution in [0.4, 0.5) is 0 Å². The first kappa shape index (κ1) is 16.3. The molecule has 2 aromatic rings. The molecule has 0 saturated heterocycles. The Kier molecular flexibility index (Phi) is 6.20. The van der Waals surface area contributed by atoms with Gasteiger partial charge in [0, 0.05) is 6.54 Å². The third-order valence-electron chi connectivity index (χ3n) is 3.88. The van der Waals surface area contributed by atoms with E-state index in [1.54, 1.807) is 0 Å². The maximum atomic E-state index is 11.9. The molecule has 0 fully saturated rings. The fraction of sp³-hybridized carbons (Fsp3) is 0.350. The molecule has 2 nitrogen and oxygen atoms in total. The first-order valence-electron chi connectivity index (χ1n) is 8.07. The van der Waals surface area contributed by atoms with Gasteiger partial charge < -0.3 is 5.32 Å². The number of hydrogen-bond donors (Lipinski definition) is 1. The Morgan fingerprint density at radius 3 is 2.14 bits per heavy atom. The second kappa shape index (κ2) is 8.38. The lowest BCUT2D eigenvalue weighted by Gasteiger charge is -2.06. The third-order valence-corrected chi connectivity index (χ3v) is 3.88. The minimum absolute atomic E-state index is 0.105. The zero-order valence-electron chi connectivity index (χ0n) is 13.6. The lowest BCUT2D eigenvalue weighted by atomic mass is 10.1. The molecular weight excluding hydrogens is 270 g/mol. The molecule has 0 aliphatic rings. The van der Waals surface area contributed by atoms with E-state index in [9.17, 15) is 4.79 Å². The minimum atomic E-state index is 0.105. The quantitative estimate of drug-likeness (QED) is 0.772. The molecule has 1 N–H and O–H groups in total. The van der Waals surface area contributed by atoms with E-state index >= 15 is 0 Å². The van der Waals surface area contributed by atoms with Crippen molar-refractivity contribution < 1.29 is 4.79 Å². The molecule has 2 aromatic carbocycles. The second-order valence-electron chi connectivity index (χ2n) is 5.79. The molecule has 0 atom stereocenters. The number of nitrogens with one attached hydrogen (secondary N) is 1. The van der Waals surface area contributed by atoms with Crippen LogP contribution in [-0.4, -0.2) is 12.5 Å². The molecule has 2 heteroatoms. The topological polar surface area (TPSA) is 29.1 Å². The predicted octanol–water partition coefficient (Wildman–Crippen LogP) is 3.85. The van der Waals surface area contributed by atoms with Crippen LogP contribution in [0.1, 0.15) is 35.6 Å². The fourth-order valence-electron chi connectivity index (χ4n) is 2.42. The number of benzene rings is 2. The summed E-state index contributed by atoms with van der Waals surface area (Å²) in [6.45, 7) is 4.96. The van der Waals surface area contributed by atoms with E-state index in [0.717, 1.165) is 31.4 Å². The van der Waals surface area contributed by atoms with Crippen molar-refractivity contribution in [3.8, 4) is 0 Å². The maximum Gasteiger partial charge on any atom is 0.224 e. The second-order valence-corrected chi connectivity index (χ2v) is 5.79. The molecule has 116 valence electrons. The van der Waals surface area contributed by atoms with Crippen molar-refractivity contribution in [2.75, 3.05) is 6.54 Å². The number of carbonyl (C=O) groups excluding carboxylic acids is 1. The molecule has 0 unspecified atom stereocenters. The smallest absolute Gasteiger partial charge is 0.224 e. The van der Waals surface area contributed by atoms with Crippen molar-refractivity contribution in [2.24, 2.45) is 0 Å². The van der Waals surface area contributed by atoms with Gasteiger partial charge in [-0.2, -0.15) is 0 Å². The Morgan fingerprint density at radius 2 is 1.50 bits per heavy atom. The van der Waals surface area contributed by atoms with Crippen LogP contribution in [-0.2, 0) is 24.1 Å². The van der Waals surface area contributed by atoms with Crippen molar-refractivity contribution >= 4 is 5.91 Å². The van der Waals surface area contributed by atoms with Gasteiger partial charge in [0.2, 0.25) is 5.91 Å². The molecule has 2 rings (SSSR count). The van der Waals surface area contributed by atoms with E-state index in [0.29, 0.717) is 6.42 Å². The zero-order chi connectivity index (χ0) is 15.8. The SMILES string of the molecule is CCc1ccc(CC(=O)NCCCc2ccc(C)cc2)cc1. The Balaban J connectivity index is 1.67. The molecule has 0 aliphatic carbocycles. The van der Waals surface area contributed by atoms with Crippen LogP contribution in [0.3, 0.4) is 0 Å². The van der Waals surface area contributed by atoms with Gasteiger partial charge in [-0.05, 0) is 42.9 Å². The first-order valence-corrected chi connectivity index (χ1v) is 8.07. The van der Waals surface area contributed by atoms with E-state index in [1.807, 2.05) is 12.1 Å². The Labute approximate surface area is 133 Å². The van der Waals surface area contributed by atoms with Crippen LogP contribution in [0.25, 0.3) is 0 Å². The number of aryl methyl sites for hydroxylation is 3. The van der Waals surface area contributed by atoms with Gasteiger partial charge >= 0.3 is 0 Å². The normalized spacial score (nSPS) is 10.5. The molecule has 0 heterocycles. The van der Waals surface area contributed by atoms with Gasteiger partial charge in [-0.1, -0.05) is 61.0 Å². The summed E-state index contributed by atoms with van der Waals surface area (Å²) in [6.07, 6.45) is 3.48. The van der Waals surface area contributed by atoms with Crippen LogP contribution in [0, 0.1) is 6.92 Å². The van der Waals surface area contributed by atoms with E-state index in [2.05, 4.69) is 55.6 Å². The summed E-state index contributed by atoms with van der Waals surface area (Å²) in [5, 5.41) is 3.00. The highest BCUT2D eigenvalue weighted by Gasteiger charge is 2.03. The van der Waals surface area contributed by atoms with Crippen molar-refractivity contribution in [3.05, 3.63) is 70.8 Å². The summed E-state index contributed by atoms with van der Waals surface area (Å²) in [6, 6.07) is 16.9. The number of hydrogen-bond acceptors (Lipinski definition) is 1. The van der Waals surface area contributed by atoms with E-state index in [1.165, 1.54) is 16.7 Å². The van der Waals surface area contributed by atoms with Gasteiger partial charge in [0.1, 0.15) is 0 Å². The average Bonchev–Trinajstić information content (AvgIpc) is 2.54. The largest absolute Gasteiger partial charge is 0.356 e. The molecule has 1 amide bonds. The Morgan fingerprint density at radius 1 is 0.909 bits per heavy atom. The van der Waals surface area contributed by atoms with Crippen LogP contribution in [0.15, 0.2) is 48.5 Å². The van der Waals surface area contributed by atoms with Crippen LogP contribution >= 0.6 is 0 Å². The lowest BCUT2D eigenvalue weighted by Crippen LogP contribution is -2.26. The van der Waals surface area contributed by atoms with Crippen LogP contribution in [0.2, 0.25) is 0 Å². The number of carbonyl (C=O) groups is 1. The van der Waals surface area contributed by atoms with Gasteiger partial charge in [-0.3, -0.25) is 4.79 Å². The first-order chi connectivity index (χ1) is 10.7. The van der Waals surface area contributed by atoms with E-state index in [-0.39, 0.29) is 5.91 Å². The molecule has 0 spiro atoms. The van der Waals surface area contributed by atoms with Gasteiger partial charge in [0.25, 0.3) is 0 Å². The molecule has 0 bridgehead atoms. The van der Waals surface area contributed by atoms with E-state index < -0.39 is 0 Å². The van der Waals surface area contributed by atoms with Gasteiger partial charge in [-0.25, -0.2) is 0 Å². The molecule has 0 radical (unpaired) electrons. The fourth-order valence-corrected chi connectivity index (χ4v) is 2.42. The summed E-state index contributed by atoms with van der Waals surface area (Å²) in [5.41, 5.74) is 5.00. The molecular formula is C20H25NO. The number of rotatable bonds is 7. The van der Waals surface area contributed by atoms with Gasteiger partial charge in [0.05, 0.1) is 6.42 Å². The predicted molar refractivity (Wildman–Crippen MR) is 92.0 cm³/mol.